The average Bonchev–Trinajstić information content (AvgIpc) is 2.43. The molecule has 7 heteroatoms. The summed E-state index contributed by atoms with van der Waals surface area (Å²) in [4.78, 5) is 15.0. The number of nitrogens with one attached hydrogen (secondary N) is 1. The van der Waals surface area contributed by atoms with Crippen LogP contribution in [0.1, 0.15) is 6.92 Å². The molecule has 1 aromatic carbocycles. The molecule has 1 heterocycles. The third-order valence-corrected chi connectivity index (χ3v) is 3.69. The molecule has 6 nitrogen and oxygen atoms in total. The van der Waals surface area contributed by atoms with Crippen LogP contribution in [0.15, 0.2) is 18.2 Å². The number of nitro groups is 1. The minimum absolute atomic E-state index is 0.0533. The summed E-state index contributed by atoms with van der Waals surface area (Å²) in [5.41, 5.74) is 0.142. The molecule has 1 aliphatic rings. The van der Waals surface area contributed by atoms with Gasteiger partial charge < -0.3 is 10.2 Å². The molecule has 116 valence electrons. The fourth-order valence-corrected chi connectivity index (χ4v) is 2.51. The van der Waals surface area contributed by atoms with Crippen molar-refractivity contribution < 1.29 is 9.31 Å². The molecule has 0 spiro atoms. The second-order valence-electron chi connectivity index (χ2n) is 5.57. The number of likely N-dealkylation sites (N-methyl/N-ethyl adjacent to an activating group) is 1. The first kappa shape index (κ1) is 15.7. The average molecular weight is 296 g/mol. The monoisotopic (exact) mass is 296 g/mol. The van der Waals surface area contributed by atoms with Gasteiger partial charge in [0, 0.05) is 38.8 Å². The normalized spacial score (nSPS) is 18.4. The van der Waals surface area contributed by atoms with Crippen LogP contribution < -0.4 is 5.32 Å². The maximum absolute atomic E-state index is 13.1. The molecule has 0 aromatic heterocycles. The quantitative estimate of drug-likeness (QED) is 0.663. The largest absolute Gasteiger partial charge is 0.376 e. The molecule has 0 bridgehead atoms. The zero-order valence-electron chi connectivity index (χ0n) is 12.4. The summed E-state index contributed by atoms with van der Waals surface area (Å²) in [6, 6.07) is 3.66. The van der Waals surface area contributed by atoms with Crippen LogP contribution in [0.2, 0.25) is 0 Å². The summed E-state index contributed by atoms with van der Waals surface area (Å²) >= 11 is 0. The van der Waals surface area contributed by atoms with Gasteiger partial charge in [0.2, 0.25) is 0 Å². The van der Waals surface area contributed by atoms with Crippen molar-refractivity contribution in [2.24, 2.45) is 0 Å². The number of hydrogen-bond donors (Lipinski definition) is 1. The van der Waals surface area contributed by atoms with E-state index in [0.717, 1.165) is 38.8 Å². The number of benzene rings is 1. The summed E-state index contributed by atoms with van der Waals surface area (Å²) in [6.07, 6.45) is 0. The molecule has 1 saturated heterocycles. The van der Waals surface area contributed by atoms with Crippen molar-refractivity contribution in [3.05, 3.63) is 34.1 Å². The summed E-state index contributed by atoms with van der Waals surface area (Å²) < 4.78 is 13.1. The standard InChI is InChI=1S/C14H21FN4O2/c1-11(10-18-7-5-17(2)6-8-18)16-13-4-3-12(15)9-14(13)19(20)21/h3-4,9,11,16H,5-8,10H2,1-2H3/t11-/m0/s1. The first-order chi connectivity index (χ1) is 9.95. The lowest BCUT2D eigenvalue weighted by Gasteiger charge is -2.34. The van der Waals surface area contributed by atoms with E-state index in [0.29, 0.717) is 5.69 Å². The fraction of sp³-hybridized carbons (Fsp3) is 0.571. The Bertz CT molecular complexity index is 504. The van der Waals surface area contributed by atoms with Crippen LogP contribution in [0.5, 0.6) is 0 Å². The predicted octanol–water partition coefficient (Wildman–Crippen LogP) is 1.78. The van der Waals surface area contributed by atoms with Crippen LogP contribution in [0.25, 0.3) is 0 Å². The number of piperazine rings is 1. The summed E-state index contributed by atoms with van der Waals surface area (Å²) in [7, 11) is 2.10. The van der Waals surface area contributed by atoms with Gasteiger partial charge in [-0.3, -0.25) is 15.0 Å². The number of halogens is 1. The minimum atomic E-state index is -0.598. The lowest BCUT2D eigenvalue weighted by Crippen LogP contribution is -2.47. The van der Waals surface area contributed by atoms with Crippen molar-refractivity contribution in [3.63, 3.8) is 0 Å². The van der Waals surface area contributed by atoms with Gasteiger partial charge in [0.25, 0.3) is 5.69 Å². The lowest BCUT2D eigenvalue weighted by molar-refractivity contribution is -0.384. The van der Waals surface area contributed by atoms with Crippen molar-refractivity contribution in [2.75, 3.05) is 45.1 Å². The highest BCUT2D eigenvalue weighted by Gasteiger charge is 2.19. The predicted molar refractivity (Wildman–Crippen MR) is 80.1 cm³/mol. The molecule has 0 saturated carbocycles. The Morgan fingerprint density at radius 2 is 2.05 bits per heavy atom. The molecule has 1 N–H and O–H groups in total. The van der Waals surface area contributed by atoms with Gasteiger partial charge in [-0.05, 0) is 26.1 Å². The molecule has 0 unspecified atom stereocenters. The number of nitro benzene ring substituents is 1. The molecule has 21 heavy (non-hydrogen) atoms. The van der Waals surface area contributed by atoms with E-state index in [9.17, 15) is 14.5 Å². The number of nitrogens with zero attached hydrogens (tertiary/aromatic N) is 3. The van der Waals surface area contributed by atoms with Crippen molar-refractivity contribution in [1.29, 1.82) is 0 Å². The van der Waals surface area contributed by atoms with E-state index in [1.807, 2.05) is 6.92 Å². The van der Waals surface area contributed by atoms with Crippen LogP contribution in [0, 0.1) is 15.9 Å². The fourth-order valence-electron chi connectivity index (χ4n) is 2.51. The lowest BCUT2D eigenvalue weighted by atomic mass is 10.2. The molecule has 0 radical (unpaired) electrons. The molecule has 1 aliphatic heterocycles. The number of rotatable bonds is 5. The van der Waals surface area contributed by atoms with Gasteiger partial charge >= 0.3 is 0 Å². The van der Waals surface area contributed by atoms with Crippen LogP contribution in [-0.2, 0) is 0 Å². The molecule has 1 fully saturated rings. The number of hydrogen-bond acceptors (Lipinski definition) is 5. The van der Waals surface area contributed by atoms with Crippen molar-refractivity contribution in [1.82, 2.24) is 9.80 Å². The topological polar surface area (TPSA) is 61.6 Å². The molecule has 1 aromatic rings. The Morgan fingerprint density at radius 3 is 2.67 bits per heavy atom. The van der Waals surface area contributed by atoms with Gasteiger partial charge in [0.1, 0.15) is 11.5 Å². The van der Waals surface area contributed by atoms with E-state index in [2.05, 4.69) is 22.2 Å². The summed E-state index contributed by atoms with van der Waals surface area (Å²) in [6.45, 7) is 6.84. The smallest absolute Gasteiger partial charge is 0.295 e. The highest BCUT2D eigenvalue weighted by atomic mass is 19.1. The van der Waals surface area contributed by atoms with Crippen LogP contribution in [0.3, 0.4) is 0 Å². The highest BCUT2D eigenvalue weighted by molar-refractivity contribution is 5.61. The SMILES string of the molecule is C[C@@H](CN1CCN(C)CC1)Nc1ccc(F)cc1[N+](=O)[O-]. The van der Waals surface area contributed by atoms with E-state index in [-0.39, 0.29) is 11.7 Å². The zero-order valence-corrected chi connectivity index (χ0v) is 12.4. The van der Waals surface area contributed by atoms with Crippen molar-refractivity contribution in [3.8, 4) is 0 Å². The molecular weight excluding hydrogens is 275 g/mol. The minimum Gasteiger partial charge on any atom is -0.376 e. The summed E-state index contributed by atoms with van der Waals surface area (Å²) in [5, 5.41) is 14.1. The Hall–Kier alpha value is -1.73. The van der Waals surface area contributed by atoms with E-state index in [1.54, 1.807) is 0 Å². The molecular formula is C14H21FN4O2. The van der Waals surface area contributed by atoms with Gasteiger partial charge in [0.15, 0.2) is 0 Å². The molecule has 0 amide bonds. The molecule has 1 atom stereocenters. The van der Waals surface area contributed by atoms with E-state index < -0.39 is 10.7 Å². The second-order valence-corrected chi connectivity index (χ2v) is 5.57. The van der Waals surface area contributed by atoms with Gasteiger partial charge in [-0.15, -0.1) is 0 Å². The summed E-state index contributed by atoms with van der Waals surface area (Å²) in [5.74, 6) is -0.598. The first-order valence-corrected chi connectivity index (χ1v) is 7.07. The maximum Gasteiger partial charge on any atom is 0.295 e. The van der Waals surface area contributed by atoms with Gasteiger partial charge in [-0.25, -0.2) is 4.39 Å². The molecule has 0 aliphatic carbocycles. The van der Waals surface area contributed by atoms with E-state index >= 15 is 0 Å². The van der Waals surface area contributed by atoms with Crippen molar-refractivity contribution in [2.45, 2.75) is 13.0 Å². The van der Waals surface area contributed by atoms with Gasteiger partial charge in [-0.1, -0.05) is 0 Å². The number of anilines is 1. The second kappa shape index (κ2) is 6.82. The van der Waals surface area contributed by atoms with E-state index in [4.69, 9.17) is 0 Å². The third kappa shape index (κ3) is 4.37. The van der Waals surface area contributed by atoms with Gasteiger partial charge in [-0.2, -0.15) is 0 Å². The van der Waals surface area contributed by atoms with Crippen LogP contribution in [-0.4, -0.2) is 60.5 Å². The zero-order chi connectivity index (χ0) is 15.4. The Morgan fingerprint density at radius 1 is 1.38 bits per heavy atom. The first-order valence-electron chi connectivity index (χ1n) is 7.07. The van der Waals surface area contributed by atoms with E-state index in [1.165, 1.54) is 12.1 Å². The third-order valence-electron chi connectivity index (χ3n) is 3.69. The van der Waals surface area contributed by atoms with Gasteiger partial charge in [0.05, 0.1) is 11.0 Å². The van der Waals surface area contributed by atoms with Crippen molar-refractivity contribution >= 4 is 11.4 Å². The Labute approximate surface area is 123 Å². The molecule has 2 rings (SSSR count). The Kier molecular flexibility index (Phi) is 5.08. The highest BCUT2D eigenvalue weighted by Crippen LogP contribution is 2.25. The Balaban J connectivity index is 1.96. The van der Waals surface area contributed by atoms with Crippen LogP contribution >= 0.6 is 0 Å². The maximum atomic E-state index is 13.1. The van der Waals surface area contributed by atoms with Crippen LogP contribution in [0.4, 0.5) is 15.8 Å².